The number of hydrogen-bond donors (Lipinski definition) is 0. The third kappa shape index (κ3) is 3.76. The molecule has 0 radical (unpaired) electrons. The normalized spacial score (nSPS) is 12.1. The van der Waals surface area contributed by atoms with E-state index in [1.54, 1.807) is 6.07 Å². The van der Waals surface area contributed by atoms with E-state index in [1.165, 1.54) is 29.8 Å². The molecule has 0 atom stereocenters. The molecule has 0 saturated carbocycles. The van der Waals surface area contributed by atoms with Gasteiger partial charge >= 0.3 is 0 Å². The van der Waals surface area contributed by atoms with Crippen LogP contribution in [-0.4, -0.2) is 24.8 Å². The number of pyridine rings is 1. The van der Waals surface area contributed by atoms with Crippen molar-refractivity contribution in [2.75, 3.05) is 7.05 Å². The third-order valence-corrected chi connectivity index (χ3v) is 5.49. The summed E-state index contributed by atoms with van der Waals surface area (Å²) < 4.78 is 26.2. The first-order valence-corrected chi connectivity index (χ1v) is 8.58. The second-order valence-corrected chi connectivity index (χ2v) is 7.93. The largest absolute Gasteiger partial charge is 0.263 e. The Hall–Kier alpha value is -2.23. The minimum absolute atomic E-state index is 0.171. The molecule has 23 heavy (non-hydrogen) atoms. The van der Waals surface area contributed by atoms with Gasteiger partial charge < -0.3 is 0 Å². The summed E-state index contributed by atoms with van der Waals surface area (Å²) in [6, 6.07) is 12.8. The van der Waals surface area contributed by atoms with Gasteiger partial charge in [-0.25, -0.2) is 8.42 Å². The van der Waals surface area contributed by atoms with Gasteiger partial charge in [0.25, 0.3) is 0 Å². The Balaban J connectivity index is 2.18. The summed E-state index contributed by atoms with van der Waals surface area (Å²) >= 11 is 0. The molecule has 2 aromatic rings. The molecule has 0 unspecified atom stereocenters. The van der Waals surface area contributed by atoms with E-state index in [2.05, 4.69) is 11.1 Å². The predicted octanol–water partition coefficient (Wildman–Crippen LogP) is 2.70. The second-order valence-electron chi connectivity index (χ2n) is 5.88. The van der Waals surface area contributed by atoms with Gasteiger partial charge in [-0.2, -0.15) is 9.57 Å². The summed E-state index contributed by atoms with van der Waals surface area (Å²) in [5, 5.41) is 9.15. The second kappa shape index (κ2) is 6.49. The van der Waals surface area contributed by atoms with Crippen LogP contribution in [0.3, 0.4) is 0 Å². The molecule has 0 saturated heterocycles. The van der Waals surface area contributed by atoms with E-state index in [0.29, 0.717) is 0 Å². The zero-order chi connectivity index (χ0) is 17.1. The fourth-order valence-electron chi connectivity index (χ4n) is 2.11. The Morgan fingerprint density at radius 2 is 1.87 bits per heavy atom. The fourth-order valence-corrected chi connectivity index (χ4v) is 3.24. The van der Waals surface area contributed by atoms with Gasteiger partial charge in [-0.1, -0.05) is 24.3 Å². The van der Waals surface area contributed by atoms with Crippen molar-refractivity contribution in [1.82, 2.24) is 9.29 Å². The highest BCUT2D eigenvalue weighted by molar-refractivity contribution is 7.89. The Labute approximate surface area is 137 Å². The summed E-state index contributed by atoms with van der Waals surface area (Å²) in [7, 11) is -2.02. The predicted molar refractivity (Wildman–Crippen MR) is 88.0 cm³/mol. The van der Waals surface area contributed by atoms with Crippen LogP contribution >= 0.6 is 0 Å². The maximum Gasteiger partial charge on any atom is 0.244 e. The van der Waals surface area contributed by atoms with E-state index in [9.17, 15) is 8.42 Å². The molecule has 0 aliphatic carbocycles. The van der Waals surface area contributed by atoms with Crippen molar-refractivity contribution in [1.29, 1.82) is 5.26 Å². The van der Waals surface area contributed by atoms with Crippen molar-refractivity contribution in [2.45, 2.75) is 30.7 Å². The highest BCUT2D eigenvalue weighted by atomic mass is 32.2. The zero-order valence-corrected chi connectivity index (χ0v) is 14.2. The molecule has 0 aliphatic rings. The maximum atomic E-state index is 12.5. The SMILES string of the molecule is CN(Cc1ccc(C(C)(C)C#N)cc1)S(=O)(=O)c1cccnc1. The first kappa shape index (κ1) is 17.1. The van der Waals surface area contributed by atoms with Gasteiger partial charge in [-0.05, 0) is 37.1 Å². The van der Waals surface area contributed by atoms with E-state index in [1.807, 2.05) is 38.1 Å². The molecule has 6 heteroatoms. The summed E-state index contributed by atoms with van der Waals surface area (Å²) in [5.41, 5.74) is 1.20. The lowest BCUT2D eigenvalue weighted by Crippen LogP contribution is -2.26. The number of nitriles is 1. The van der Waals surface area contributed by atoms with Gasteiger partial charge in [0.15, 0.2) is 0 Å². The Morgan fingerprint density at radius 1 is 1.22 bits per heavy atom. The molecule has 0 N–H and O–H groups in total. The molecule has 2 rings (SSSR count). The van der Waals surface area contributed by atoms with E-state index in [0.717, 1.165) is 11.1 Å². The molecule has 0 amide bonds. The fraction of sp³-hybridized carbons (Fsp3) is 0.294. The number of benzene rings is 1. The number of sulfonamides is 1. The quantitative estimate of drug-likeness (QED) is 0.845. The molecule has 1 heterocycles. The molecule has 0 bridgehead atoms. The van der Waals surface area contributed by atoms with Gasteiger partial charge in [-0.3, -0.25) is 4.98 Å². The summed E-state index contributed by atoms with van der Waals surface area (Å²) in [4.78, 5) is 4.02. The topological polar surface area (TPSA) is 74.1 Å². The Morgan fingerprint density at radius 3 is 2.39 bits per heavy atom. The average molecular weight is 329 g/mol. The molecular weight excluding hydrogens is 310 g/mol. The van der Waals surface area contributed by atoms with Crippen LogP contribution in [0.1, 0.15) is 25.0 Å². The van der Waals surface area contributed by atoms with Crippen LogP contribution in [0.5, 0.6) is 0 Å². The molecule has 1 aromatic carbocycles. The smallest absolute Gasteiger partial charge is 0.244 e. The monoisotopic (exact) mass is 329 g/mol. The first-order chi connectivity index (χ1) is 10.8. The van der Waals surface area contributed by atoms with Gasteiger partial charge in [0.05, 0.1) is 11.5 Å². The summed E-state index contributed by atoms with van der Waals surface area (Å²) in [6.07, 6.45) is 2.87. The number of aromatic nitrogens is 1. The molecule has 5 nitrogen and oxygen atoms in total. The van der Waals surface area contributed by atoms with Crippen LogP contribution in [0.2, 0.25) is 0 Å². The number of rotatable bonds is 5. The van der Waals surface area contributed by atoms with Crippen molar-refractivity contribution in [2.24, 2.45) is 0 Å². The summed E-state index contributed by atoms with van der Waals surface area (Å²) in [5.74, 6) is 0. The van der Waals surface area contributed by atoms with Crippen molar-refractivity contribution in [3.8, 4) is 6.07 Å². The molecular formula is C17H19N3O2S. The van der Waals surface area contributed by atoms with Gasteiger partial charge in [-0.15, -0.1) is 0 Å². The molecule has 0 fully saturated rings. The Bertz CT molecular complexity index is 807. The molecule has 120 valence electrons. The van der Waals surface area contributed by atoms with Crippen molar-refractivity contribution < 1.29 is 8.42 Å². The van der Waals surface area contributed by atoms with Crippen LogP contribution in [0.15, 0.2) is 53.7 Å². The van der Waals surface area contributed by atoms with Crippen LogP contribution < -0.4 is 0 Å². The van der Waals surface area contributed by atoms with Gasteiger partial charge in [0.2, 0.25) is 10.0 Å². The maximum absolute atomic E-state index is 12.5. The number of hydrogen-bond acceptors (Lipinski definition) is 4. The minimum Gasteiger partial charge on any atom is -0.263 e. The molecule has 0 aliphatic heterocycles. The van der Waals surface area contributed by atoms with Crippen molar-refractivity contribution in [3.63, 3.8) is 0 Å². The van der Waals surface area contributed by atoms with Gasteiger partial charge in [0.1, 0.15) is 4.90 Å². The van der Waals surface area contributed by atoms with E-state index in [4.69, 9.17) is 5.26 Å². The molecule has 0 spiro atoms. The van der Waals surface area contributed by atoms with Crippen molar-refractivity contribution in [3.05, 3.63) is 59.9 Å². The zero-order valence-electron chi connectivity index (χ0n) is 13.4. The lowest BCUT2D eigenvalue weighted by Gasteiger charge is -2.19. The molecule has 1 aromatic heterocycles. The van der Waals surface area contributed by atoms with Gasteiger partial charge in [0, 0.05) is 26.0 Å². The number of nitrogens with zero attached hydrogens (tertiary/aromatic N) is 3. The van der Waals surface area contributed by atoms with Crippen LogP contribution in [0.4, 0.5) is 0 Å². The van der Waals surface area contributed by atoms with E-state index < -0.39 is 15.4 Å². The highest BCUT2D eigenvalue weighted by Gasteiger charge is 2.22. The van der Waals surface area contributed by atoms with Crippen LogP contribution in [-0.2, 0) is 22.0 Å². The van der Waals surface area contributed by atoms with E-state index in [-0.39, 0.29) is 11.4 Å². The third-order valence-electron chi connectivity index (χ3n) is 3.70. The minimum atomic E-state index is -3.56. The average Bonchev–Trinajstić information content (AvgIpc) is 2.56. The van der Waals surface area contributed by atoms with E-state index >= 15 is 0 Å². The lowest BCUT2D eigenvalue weighted by molar-refractivity contribution is 0.466. The van der Waals surface area contributed by atoms with Crippen LogP contribution in [0.25, 0.3) is 0 Å². The highest BCUT2D eigenvalue weighted by Crippen LogP contribution is 2.23. The summed E-state index contributed by atoms with van der Waals surface area (Å²) in [6.45, 7) is 3.95. The first-order valence-electron chi connectivity index (χ1n) is 7.14. The standard InChI is InChI=1S/C17H19N3O2S/c1-17(2,13-18)15-8-6-14(7-9-15)12-20(3)23(21,22)16-5-4-10-19-11-16/h4-11H,12H2,1-3H3. The Kier molecular flexibility index (Phi) is 4.83. The van der Waals surface area contributed by atoms with Crippen molar-refractivity contribution >= 4 is 10.0 Å². The van der Waals surface area contributed by atoms with Crippen LogP contribution in [0, 0.1) is 11.3 Å². The lowest BCUT2D eigenvalue weighted by atomic mass is 9.86.